The van der Waals surface area contributed by atoms with Gasteiger partial charge in [0.15, 0.2) is 0 Å². The lowest BCUT2D eigenvalue weighted by atomic mass is 9.46. The van der Waals surface area contributed by atoms with E-state index in [1.807, 2.05) is 0 Å². The summed E-state index contributed by atoms with van der Waals surface area (Å²) in [4.78, 5) is 12.2. The summed E-state index contributed by atoms with van der Waals surface area (Å²) < 4.78 is 0. The van der Waals surface area contributed by atoms with Gasteiger partial charge >= 0.3 is 0 Å². The third-order valence-corrected chi connectivity index (χ3v) is 9.31. The molecule has 0 bridgehead atoms. The summed E-state index contributed by atoms with van der Waals surface area (Å²) in [6, 6.07) is 0. The zero-order valence-corrected chi connectivity index (χ0v) is 16.1. The maximum absolute atomic E-state index is 12.2. The Morgan fingerprint density at radius 1 is 1.00 bits per heavy atom. The van der Waals surface area contributed by atoms with Gasteiger partial charge in [0.05, 0.1) is 0 Å². The van der Waals surface area contributed by atoms with Crippen molar-refractivity contribution < 1.29 is 4.79 Å². The van der Waals surface area contributed by atoms with Crippen LogP contribution >= 0.6 is 0 Å². The lowest BCUT2D eigenvalue weighted by molar-refractivity contribution is -0.124. The van der Waals surface area contributed by atoms with Crippen LogP contribution in [0.15, 0.2) is 12.2 Å². The Kier molecular flexibility index (Phi) is 4.01. The van der Waals surface area contributed by atoms with Crippen LogP contribution in [0.2, 0.25) is 0 Å². The van der Waals surface area contributed by atoms with Crippen molar-refractivity contribution in [3.05, 3.63) is 12.2 Å². The van der Waals surface area contributed by atoms with Crippen molar-refractivity contribution in [2.24, 2.45) is 40.4 Å². The van der Waals surface area contributed by atoms with E-state index in [4.69, 9.17) is 0 Å². The van der Waals surface area contributed by atoms with Gasteiger partial charge in [-0.2, -0.15) is 0 Å². The van der Waals surface area contributed by atoms with Gasteiger partial charge in [0, 0.05) is 12.8 Å². The quantitative estimate of drug-likeness (QED) is 0.525. The van der Waals surface area contributed by atoms with Crippen molar-refractivity contribution >= 4 is 5.78 Å². The third kappa shape index (κ3) is 2.29. The number of fused-ring (bicyclic) bond motifs is 5. The Labute approximate surface area is 148 Å². The zero-order chi connectivity index (χ0) is 17.1. The molecule has 0 N–H and O–H groups in total. The number of Topliss-reactive ketones (excluding diaryl/α,β-unsaturated/α-hetero) is 1. The fraction of sp³-hybridized carbons (Fsp3) is 0.870. The molecule has 0 radical (unpaired) electrons. The predicted molar refractivity (Wildman–Crippen MR) is 99.7 cm³/mol. The smallest absolute Gasteiger partial charge is 0.133 e. The van der Waals surface area contributed by atoms with Crippen LogP contribution in [-0.4, -0.2) is 5.78 Å². The molecule has 0 amide bonds. The van der Waals surface area contributed by atoms with Crippen LogP contribution in [-0.2, 0) is 4.79 Å². The number of rotatable bonds is 1. The lowest BCUT2D eigenvalue weighted by Crippen LogP contribution is -2.51. The van der Waals surface area contributed by atoms with Crippen LogP contribution in [0.4, 0.5) is 0 Å². The van der Waals surface area contributed by atoms with Gasteiger partial charge in [0.2, 0.25) is 0 Å². The molecule has 0 aliphatic heterocycles. The van der Waals surface area contributed by atoms with Crippen LogP contribution in [0.5, 0.6) is 0 Å². The standard InChI is InChI=1S/C23H36O/c1-15(2)19-9-10-20-18-8-7-16-14-17(24)6-5-12-22(16,3)21(18)11-13-23(19,20)4/h16,18-21H,1,5-14H2,2-4H3/t16-,18-,19+,20-,21-,22-,23+/m0/s1. The summed E-state index contributed by atoms with van der Waals surface area (Å²) in [7, 11) is 0. The average molecular weight is 329 g/mol. The molecule has 7 atom stereocenters. The fourth-order valence-electron chi connectivity index (χ4n) is 8.11. The topological polar surface area (TPSA) is 17.1 Å². The second kappa shape index (κ2) is 5.71. The van der Waals surface area contributed by atoms with E-state index in [0.717, 1.165) is 42.9 Å². The van der Waals surface area contributed by atoms with Crippen LogP contribution in [0.3, 0.4) is 0 Å². The van der Waals surface area contributed by atoms with E-state index in [0.29, 0.717) is 22.5 Å². The predicted octanol–water partition coefficient (Wildman–Crippen LogP) is 6.18. The molecule has 24 heavy (non-hydrogen) atoms. The average Bonchev–Trinajstić information content (AvgIpc) is 2.79. The van der Waals surface area contributed by atoms with Gasteiger partial charge in [-0.25, -0.2) is 0 Å². The van der Waals surface area contributed by atoms with Crippen LogP contribution in [0, 0.1) is 40.4 Å². The number of carbonyl (C=O) groups excluding carboxylic acids is 1. The summed E-state index contributed by atoms with van der Waals surface area (Å²) in [5.74, 6) is 4.69. The highest BCUT2D eigenvalue weighted by molar-refractivity contribution is 5.79. The van der Waals surface area contributed by atoms with E-state index in [2.05, 4.69) is 27.4 Å². The van der Waals surface area contributed by atoms with Crippen LogP contribution in [0.1, 0.15) is 85.0 Å². The number of carbonyl (C=O) groups is 1. The van der Waals surface area contributed by atoms with E-state index in [-0.39, 0.29) is 0 Å². The number of hydrogen-bond donors (Lipinski definition) is 0. The Hall–Kier alpha value is -0.590. The molecule has 0 spiro atoms. The lowest BCUT2D eigenvalue weighted by Gasteiger charge is -2.59. The maximum Gasteiger partial charge on any atom is 0.133 e. The van der Waals surface area contributed by atoms with Crippen molar-refractivity contribution in [1.82, 2.24) is 0 Å². The molecule has 4 aliphatic rings. The SMILES string of the molecule is C=C(C)[C@H]1CC[C@H]2[C@@H]3CC[C@H]4CC(=O)CCC[C@]4(C)[C@H]3CC[C@]12C. The van der Waals surface area contributed by atoms with Gasteiger partial charge in [0.1, 0.15) is 5.78 Å². The molecule has 0 aromatic heterocycles. The van der Waals surface area contributed by atoms with Gasteiger partial charge in [-0.05, 0) is 98.7 Å². The first-order valence-electron chi connectivity index (χ1n) is 10.5. The molecule has 0 aromatic carbocycles. The highest BCUT2D eigenvalue weighted by atomic mass is 16.1. The van der Waals surface area contributed by atoms with Gasteiger partial charge in [0.25, 0.3) is 0 Å². The summed E-state index contributed by atoms with van der Waals surface area (Å²) in [6.07, 6.45) is 12.5. The van der Waals surface area contributed by atoms with E-state index < -0.39 is 0 Å². The first-order chi connectivity index (χ1) is 11.4. The monoisotopic (exact) mass is 328 g/mol. The molecule has 4 rings (SSSR count). The molecule has 4 fully saturated rings. The van der Waals surface area contributed by atoms with E-state index in [9.17, 15) is 4.79 Å². The normalized spacial score (nSPS) is 51.3. The second-order valence-corrected chi connectivity index (χ2v) is 10.3. The molecule has 134 valence electrons. The zero-order valence-electron chi connectivity index (χ0n) is 16.1. The minimum absolute atomic E-state index is 0.442. The van der Waals surface area contributed by atoms with Crippen molar-refractivity contribution in [3.8, 4) is 0 Å². The van der Waals surface area contributed by atoms with E-state index in [1.165, 1.54) is 50.5 Å². The number of hydrogen-bond acceptors (Lipinski definition) is 1. The van der Waals surface area contributed by atoms with Gasteiger partial charge < -0.3 is 0 Å². The summed E-state index contributed by atoms with van der Waals surface area (Å²) in [5, 5.41) is 0. The van der Waals surface area contributed by atoms with Crippen molar-refractivity contribution in [3.63, 3.8) is 0 Å². The molecule has 1 nitrogen and oxygen atoms in total. The first-order valence-corrected chi connectivity index (χ1v) is 10.5. The number of allylic oxidation sites excluding steroid dienone is 1. The van der Waals surface area contributed by atoms with Gasteiger partial charge in [-0.1, -0.05) is 26.0 Å². The Bertz CT molecular complexity index is 548. The minimum atomic E-state index is 0.442. The molecule has 4 aliphatic carbocycles. The summed E-state index contributed by atoms with van der Waals surface area (Å²) in [5.41, 5.74) is 2.38. The maximum atomic E-state index is 12.2. The van der Waals surface area contributed by atoms with Crippen molar-refractivity contribution in [2.75, 3.05) is 0 Å². The fourth-order valence-corrected chi connectivity index (χ4v) is 8.11. The molecule has 0 saturated heterocycles. The molecule has 0 aromatic rings. The molecule has 0 unspecified atom stereocenters. The van der Waals surface area contributed by atoms with Crippen LogP contribution < -0.4 is 0 Å². The highest BCUT2D eigenvalue weighted by Gasteiger charge is 2.59. The molecular weight excluding hydrogens is 292 g/mol. The van der Waals surface area contributed by atoms with Gasteiger partial charge in [-0.3, -0.25) is 4.79 Å². The Morgan fingerprint density at radius 3 is 2.50 bits per heavy atom. The van der Waals surface area contributed by atoms with Crippen molar-refractivity contribution in [1.29, 1.82) is 0 Å². The van der Waals surface area contributed by atoms with Crippen molar-refractivity contribution in [2.45, 2.75) is 85.0 Å². The minimum Gasteiger partial charge on any atom is -0.300 e. The largest absolute Gasteiger partial charge is 0.300 e. The first kappa shape index (κ1) is 16.9. The Morgan fingerprint density at radius 2 is 1.75 bits per heavy atom. The Balaban J connectivity index is 1.63. The summed E-state index contributed by atoms with van der Waals surface area (Å²) in [6.45, 7) is 11.8. The second-order valence-electron chi connectivity index (χ2n) is 10.3. The van der Waals surface area contributed by atoms with Gasteiger partial charge in [-0.15, -0.1) is 0 Å². The number of ketones is 1. The van der Waals surface area contributed by atoms with Crippen LogP contribution in [0.25, 0.3) is 0 Å². The molecular formula is C23H36O. The van der Waals surface area contributed by atoms with E-state index >= 15 is 0 Å². The molecule has 0 heterocycles. The summed E-state index contributed by atoms with van der Waals surface area (Å²) >= 11 is 0. The van der Waals surface area contributed by atoms with E-state index in [1.54, 1.807) is 0 Å². The molecule has 1 heteroatoms. The third-order valence-electron chi connectivity index (χ3n) is 9.31. The highest BCUT2D eigenvalue weighted by Crippen LogP contribution is 2.67. The molecule has 4 saturated carbocycles.